The summed E-state index contributed by atoms with van der Waals surface area (Å²) < 4.78 is 3.35. The first-order chi connectivity index (χ1) is 8.54. The number of nitrogens with one attached hydrogen (secondary N) is 1. The Hall–Kier alpha value is -0.350. The maximum Gasteiger partial charge on any atom is 0.0766 e. The minimum Gasteiger partial charge on any atom is -0.314 e. The molecule has 0 aliphatic heterocycles. The van der Waals surface area contributed by atoms with Crippen LogP contribution in [0.5, 0.6) is 0 Å². The van der Waals surface area contributed by atoms with Gasteiger partial charge in [-0.05, 0) is 55.1 Å². The fraction of sp³-hybridized carbons (Fsp3) is 0.786. The average molecular weight is 316 g/mol. The molecular formula is C14H26BrN3. The van der Waals surface area contributed by atoms with Crippen LogP contribution >= 0.6 is 15.9 Å². The molecule has 0 saturated heterocycles. The van der Waals surface area contributed by atoms with Crippen molar-refractivity contribution in [3.63, 3.8) is 0 Å². The fourth-order valence-electron chi connectivity index (χ4n) is 2.22. The van der Waals surface area contributed by atoms with E-state index in [-0.39, 0.29) is 0 Å². The van der Waals surface area contributed by atoms with E-state index in [2.05, 4.69) is 65.6 Å². The van der Waals surface area contributed by atoms with E-state index < -0.39 is 0 Å². The SMILES string of the molecule is CCNC(C)C(C)Cc1c(Br)c(CC)nn1CC. The molecule has 2 unspecified atom stereocenters. The number of hydrogen-bond acceptors (Lipinski definition) is 2. The number of aromatic nitrogens is 2. The molecule has 0 aromatic carbocycles. The molecule has 0 saturated carbocycles. The predicted octanol–water partition coefficient (Wildman–Crippen LogP) is 3.40. The summed E-state index contributed by atoms with van der Waals surface area (Å²) >= 11 is 3.72. The zero-order chi connectivity index (χ0) is 13.7. The molecule has 4 heteroatoms. The molecule has 0 aliphatic rings. The molecule has 1 heterocycles. The highest BCUT2D eigenvalue weighted by molar-refractivity contribution is 9.10. The van der Waals surface area contributed by atoms with E-state index in [1.165, 1.54) is 15.9 Å². The molecule has 1 rings (SSSR count). The number of halogens is 1. The summed E-state index contributed by atoms with van der Waals surface area (Å²) in [5.41, 5.74) is 2.52. The maximum absolute atomic E-state index is 4.65. The Morgan fingerprint density at radius 2 is 1.94 bits per heavy atom. The number of hydrogen-bond donors (Lipinski definition) is 1. The van der Waals surface area contributed by atoms with Gasteiger partial charge < -0.3 is 5.32 Å². The van der Waals surface area contributed by atoms with E-state index in [1.807, 2.05) is 0 Å². The van der Waals surface area contributed by atoms with Crippen molar-refractivity contribution in [1.82, 2.24) is 15.1 Å². The molecule has 0 amide bonds. The lowest BCUT2D eigenvalue weighted by Crippen LogP contribution is -2.33. The molecule has 0 spiro atoms. The van der Waals surface area contributed by atoms with E-state index in [1.54, 1.807) is 0 Å². The molecule has 0 radical (unpaired) electrons. The summed E-state index contributed by atoms with van der Waals surface area (Å²) in [7, 11) is 0. The lowest BCUT2D eigenvalue weighted by atomic mass is 9.97. The van der Waals surface area contributed by atoms with Crippen LogP contribution in [-0.4, -0.2) is 22.4 Å². The van der Waals surface area contributed by atoms with E-state index >= 15 is 0 Å². The quantitative estimate of drug-likeness (QED) is 0.835. The summed E-state index contributed by atoms with van der Waals surface area (Å²) in [5.74, 6) is 0.605. The normalized spacial score (nSPS) is 14.8. The van der Waals surface area contributed by atoms with E-state index in [0.29, 0.717) is 12.0 Å². The maximum atomic E-state index is 4.65. The zero-order valence-corrected chi connectivity index (χ0v) is 13.8. The summed E-state index contributed by atoms with van der Waals surface area (Å²) in [6.45, 7) is 13.0. The van der Waals surface area contributed by atoms with Gasteiger partial charge >= 0.3 is 0 Å². The molecular weight excluding hydrogens is 290 g/mol. The minimum absolute atomic E-state index is 0.534. The smallest absolute Gasteiger partial charge is 0.0766 e. The van der Waals surface area contributed by atoms with Gasteiger partial charge in [-0.2, -0.15) is 5.10 Å². The van der Waals surface area contributed by atoms with Gasteiger partial charge in [-0.15, -0.1) is 0 Å². The highest BCUT2D eigenvalue weighted by Crippen LogP contribution is 2.25. The zero-order valence-electron chi connectivity index (χ0n) is 12.3. The first-order valence-corrected chi connectivity index (χ1v) is 7.81. The average Bonchev–Trinajstić information content (AvgIpc) is 2.66. The van der Waals surface area contributed by atoms with E-state index in [0.717, 1.165) is 25.9 Å². The number of aryl methyl sites for hydroxylation is 2. The Morgan fingerprint density at radius 3 is 2.44 bits per heavy atom. The number of rotatable bonds is 7. The molecule has 0 bridgehead atoms. The van der Waals surface area contributed by atoms with Gasteiger partial charge in [-0.3, -0.25) is 4.68 Å². The molecule has 3 nitrogen and oxygen atoms in total. The van der Waals surface area contributed by atoms with E-state index in [9.17, 15) is 0 Å². The lowest BCUT2D eigenvalue weighted by Gasteiger charge is -2.21. The van der Waals surface area contributed by atoms with Crippen molar-refractivity contribution in [3.05, 3.63) is 15.9 Å². The topological polar surface area (TPSA) is 29.9 Å². The first kappa shape index (κ1) is 15.7. The van der Waals surface area contributed by atoms with Crippen LogP contribution in [0.2, 0.25) is 0 Å². The molecule has 1 N–H and O–H groups in total. The van der Waals surface area contributed by atoms with Crippen LogP contribution < -0.4 is 5.32 Å². The second kappa shape index (κ2) is 7.29. The number of nitrogens with zero attached hydrogens (tertiary/aromatic N) is 2. The van der Waals surface area contributed by atoms with Crippen LogP contribution in [0.15, 0.2) is 4.47 Å². The highest BCUT2D eigenvalue weighted by atomic mass is 79.9. The Balaban J connectivity index is 2.85. The largest absolute Gasteiger partial charge is 0.314 e. The van der Waals surface area contributed by atoms with Crippen LogP contribution in [0.3, 0.4) is 0 Å². The third kappa shape index (κ3) is 3.58. The van der Waals surface area contributed by atoms with Crippen molar-refractivity contribution in [3.8, 4) is 0 Å². The molecule has 18 heavy (non-hydrogen) atoms. The summed E-state index contributed by atoms with van der Waals surface area (Å²) in [5, 5.41) is 8.15. The molecule has 1 aromatic heterocycles. The Bertz CT molecular complexity index is 373. The van der Waals surface area contributed by atoms with Gasteiger partial charge in [0.25, 0.3) is 0 Å². The van der Waals surface area contributed by atoms with Gasteiger partial charge in [0.1, 0.15) is 0 Å². The molecule has 0 fully saturated rings. The van der Waals surface area contributed by atoms with Crippen molar-refractivity contribution in [2.45, 2.75) is 60.0 Å². The monoisotopic (exact) mass is 315 g/mol. The molecule has 104 valence electrons. The second-order valence-corrected chi connectivity index (χ2v) is 5.70. The van der Waals surface area contributed by atoms with Gasteiger partial charge in [-0.1, -0.05) is 20.8 Å². The van der Waals surface area contributed by atoms with Crippen LogP contribution in [0, 0.1) is 5.92 Å². The van der Waals surface area contributed by atoms with Crippen LogP contribution in [0.4, 0.5) is 0 Å². The molecule has 1 aromatic rings. The van der Waals surface area contributed by atoms with Gasteiger partial charge in [0.2, 0.25) is 0 Å². The molecule has 2 atom stereocenters. The third-order valence-corrected chi connectivity index (χ3v) is 4.50. The molecule has 0 aliphatic carbocycles. The second-order valence-electron chi connectivity index (χ2n) is 4.90. The standard InChI is InChI=1S/C14H26BrN3/c1-6-12-14(15)13(18(8-3)17-12)9-10(4)11(5)16-7-2/h10-11,16H,6-9H2,1-5H3. The first-order valence-electron chi connectivity index (χ1n) is 7.02. The van der Waals surface area contributed by atoms with Gasteiger partial charge in [-0.25, -0.2) is 0 Å². The van der Waals surface area contributed by atoms with Crippen molar-refractivity contribution in [2.75, 3.05) is 6.54 Å². The lowest BCUT2D eigenvalue weighted by molar-refractivity contribution is 0.395. The van der Waals surface area contributed by atoms with Crippen LogP contribution in [0.1, 0.15) is 46.0 Å². The van der Waals surface area contributed by atoms with Crippen molar-refractivity contribution >= 4 is 15.9 Å². The Labute approximate surface area is 119 Å². The summed E-state index contributed by atoms with van der Waals surface area (Å²) in [6, 6.07) is 0.534. The van der Waals surface area contributed by atoms with Crippen molar-refractivity contribution < 1.29 is 0 Å². The van der Waals surface area contributed by atoms with Gasteiger partial charge in [0.15, 0.2) is 0 Å². The van der Waals surface area contributed by atoms with Crippen LogP contribution in [0.25, 0.3) is 0 Å². The Kier molecular flexibility index (Phi) is 6.36. The van der Waals surface area contributed by atoms with Crippen LogP contribution in [-0.2, 0) is 19.4 Å². The predicted molar refractivity (Wildman–Crippen MR) is 81.0 cm³/mol. The third-order valence-electron chi connectivity index (χ3n) is 3.59. The van der Waals surface area contributed by atoms with Gasteiger partial charge in [0, 0.05) is 12.6 Å². The van der Waals surface area contributed by atoms with Crippen molar-refractivity contribution in [1.29, 1.82) is 0 Å². The fourth-order valence-corrected chi connectivity index (χ4v) is 2.94. The van der Waals surface area contributed by atoms with Gasteiger partial charge in [0.05, 0.1) is 15.9 Å². The summed E-state index contributed by atoms with van der Waals surface area (Å²) in [6.07, 6.45) is 2.05. The van der Waals surface area contributed by atoms with Crippen molar-refractivity contribution in [2.24, 2.45) is 5.92 Å². The summed E-state index contributed by atoms with van der Waals surface area (Å²) in [4.78, 5) is 0. The van der Waals surface area contributed by atoms with E-state index in [4.69, 9.17) is 0 Å². The minimum atomic E-state index is 0.534. The highest BCUT2D eigenvalue weighted by Gasteiger charge is 2.19. The Morgan fingerprint density at radius 1 is 1.28 bits per heavy atom.